The van der Waals surface area contributed by atoms with Gasteiger partial charge in [0.15, 0.2) is 11.6 Å². The van der Waals surface area contributed by atoms with Crippen molar-refractivity contribution < 1.29 is 9.50 Å². The first-order chi connectivity index (χ1) is 15.5. The second kappa shape index (κ2) is 8.59. The molecule has 8 nitrogen and oxygen atoms in total. The van der Waals surface area contributed by atoms with Crippen LogP contribution in [0.15, 0.2) is 41.7 Å². The zero-order chi connectivity index (χ0) is 22.2. The Morgan fingerprint density at radius 2 is 2.00 bits per heavy atom. The van der Waals surface area contributed by atoms with E-state index in [0.717, 1.165) is 35.4 Å². The van der Waals surface area contributed by atoms with Crippen molar-refractivity contribution in [3.8, 4) is 28.3 Å². The van der Waals surface area contributed by atoms with Crippen molar-refractivity contribution in [3.05, 3.63) is 36.7 Å². The number of nitrogens with one attached hydrogen (secondary N) is 1. The van der Waals surface area contributed by atoms with Gasteiger partial charge in [-0.15, -0.1) is 27.1 Å². The molecule has 0 amide bonds. The normalized spacial score (nSPS) is 24.5. The molecule has 5 rings (SSSR count). The van der Waals surface area contributed by atoms with Crippen LogP contribution in [-0.2, 0) is 0 Å². The maximum atomic E-state index is 14.9. The summed E-state index contributed by atoms with van der Waals surface area (Å²) in [5.41, 5.74) is 2.15. The average Bonchev–Trinajstić information content (AvgIpc) is 3.24. The van der Waals surface area contributed by atoms with E-state index in [1.54, 1.807) is 24.5 Å². The molecule has 4 heterocycles. The summed E-state index contributed by atoms with van der Waals surface area (Å²) in [6.07, 6.45) is 6.85. The number of fused-ring (bicyclic) bond motifs is 2. The van der Waals surface area contributed by atoms with E-state index in [-0.39, 0.29) is 17.8 Å². The molecule has 2 saturated heterocycles. The summed E-state index contributed by atoms with van der Waals surface area (Å²) in [5.74, 6) is 0.879. The number of rotatable bonds is 5. The lowest BCUT2D eigenvalue weighted by molar-refractivity contribution is 0.176. The molecule has 2 aliphatic rings. The fraction of sp³-hybridized carbons (Fsp3) is 0.409. The average molecular weight is 454 g/mol. The molecular formula is C22H24FN7OS. The summed E-state index contributed by atoms with van der Waals surface area (Å²) >= 11 is 1.50. The number of phenolic OH excluding ortho intramolecular Hbond substituents is 1. The molecule has 2 bridgehead atoms. The van der Waals surface area contributed by atoms with Crippen LogP contribution < -0.4 is 10.2 Å². The number of benzene rings is 1. The van der Waals surface area contributed by atoms with Crippen LogP contribution in [0.1, 0.15) is 19.3 Å². The molecule has 2 N–H and O–H groups in total. The minimum atomic E-state index is -0.953. The van der Waals surface area contributed by atoms with Gasteiger partial charge in [0.2, 0.25) is 0 Å². The van der Waals surface area contributed by atoms with Gasteiger partial charge in [-0.25, -0.2) is 9.37 Å². The number of phenols is 1. The third kappa shape index (κ3) is 3.88. The number of nitrogens with zero attached hydrogens (tertiary/aromatic N) is 6. The van der Waals surface area contributed by atoms with E-state index in [0.29, 0.717) is 23.2 Å². The predicted molar refractivity (Wildman–Crippen MR) is 121 cm³/mol. The molecule has 0 spiro atoms. The first-order valence-electron chi connectivity index (χ1n) is 10.6. The maximum absolute atomic E-state index is 14.9. The van der Waals surface area contributed by atoms with Crippen molar-refractivity contribution >= 4 is 17.6 Å². The second-order valence-electron chi connectivity index (χ2n) is 8.26. The summed E-state index contributed by atoms with van der Waals surface area (Å²) < 4.78 is 14.9. The molecule has 4 atom stereocenters. The Hall–Kier alpha value is -2.85. The van der Waals surface area contributed by atoms with Gasteiger partial charge in [0, 0.05) is 24.7 Å². The topological polar surface area (TPSA) is 100.0 Å². The van der Waals surface area contributed by atoms with Crippen LogP contribution in [0.2, 0.25) is 0 Å². The van der Waals surface area contributed by atoms with Gasteiger partial charge in [-0.2, -0.15) is 5.10 Å². The number of hydrogen-bond acceptors (Lipinski definition) is 9. The second-order valence-corrected chi connectivity index (χ2v) is 9.09. The molecule has 32 heavy (non-hydrogen) atoms. The Bertz CT molecular complexity index is 1120. The molecular weight excluding hydrogens is 429 g/mol. The van der Waals surface area contributed by atoms with Gasteiger partial charge in [0.25, 0.3) is 0 Å². The summed E-state index contributed by atoms with van der Waals surface area (Å²) in [6.45, 7) is 0. The number of thioether (sulfide) groups is 1. The Morgan fingerprint density at radius 1 is 1.12 bits per heavy atom. The number of aromatic nitrogens is 5. The molecule has 0 radical (unpaired) electrons. The highest BCUT2D eigenvalue weighted by molar-refractivity contribution is 7.98. The van der Waals surface area contributed by atoms with E-state index in [9.17, 15) is 9.50 Å². The lowest BCUT2D eigenvalue weighted by Crippen LogP contribution is -2.55. The third-order valence-electron chi connectivity index (χ3n) is 6.38. The maximum Gasteiger partial charge on any atom is 0.185 e. The van der Waals surface area contributed by atoms with Gasteiger partial charge in [0.1, 0.15) is 16.9 Å². The lowest BCUT2D eigenvalue weighted by Gasteiger charge is -2.38. The summed E-state index contributed by atoms with van der Waals surface area (Å²) in [7, 11) is 1.84. The number of alkyl halides is 1. The summed E-state index contributed by atoms with van der Waals surface area (Å²) in [5, 5.41) is 31.3. The van der Waals surface area contributed by atoms with Gasteiger partial charge < -0.3 is 15.3 Å². The van der Waals surface area contributed by atoms with E-state index in [1.165, 1.54) is 11.8 Å². The van der Waals surface area contributed by atoms with Crippen LogP contribution >= 0.6 is 11.8 Å². The molecule has 10 heteroatoms. The van der Waals surface area contributed by atoms with Gasteiger partial charge in [0.05, 0.1) is 24.0 Å². The quantitative estimate of drug-likeness (QED) is 0.565. The molecule has 1 aromatic carbocycles. The first kappa shape index (κ1) is 21.0. The Kier molecular flexibility index (Phi) is 5.64. The number of anilines is 1. The summed E-state index contributed by atoms with van der Waals surface area (Å²) in [6, 6.07) is 7.23. The Balaban J connectivity index is 1.35. The lowest BCUT2D eigenvalue weighted by atomic mass is 9.96. The standard InChI is InChI=1S/C22H24FN7OS/c1-30(17-9-14-4-6-16(26-14)21(17)23)19-11-24-22(29-27-19)15-5-3-12(7-18(15)31)13-8-20(32-2)28-25-10-13/h3,5,7-8,10-11,14,16-17,21,26,31H,4,6,9H2,1-2H3/t14-,16+,17-,21+/m0/s1. The molecule has 0 aliphatic carbocycles. The molecule has 2 aliphatic heterocycles. The zero-order valence-electron chi connectivity index (χ0n) is 17.8. The largest absolute Gasteiger partial charge is 0.507 e. The van der Waals surface area contributed by atoms with E-state index >= 15 is 0 Å². The van der Waals surface area contributed by atoms with E-state index in [2.05, 4.69) is 30.7 Å². The van der Waals surface area contributed by atoms with Crippen LogP contribution in [0, 0.1) is 0 Å². The SMILES string of the molecule is CSc1cc(-c2ccc(-c3ncc(N(C)[C@H]4C[C@@H]5CC[C@@H](N5)[C@H]4F)nn3)c(O)c2)cnn1. The number of piperidine rings is 1. The third-order valence-corrected chi connectivity index (χ3v) is 6.99. The zero-order valence-corrected chi connectivity index (χ0v) is 18.6. The minimum Gasteiger partial charge on any atom is -0.507 e. The number of aromatic hydroxyl groups is 1. The molecule has 166 valence electrons. The smallest absolute Gasteiger partial charge is 0.185 e. The van der Waals surface area contributed by atoms with Crippen LogP contribution in [0.5, 0.6) is 5.75 Å². The molecule has 3 aromatic rings. The van der Waals surface area contributed by atoms with E-state index in [4.69, 9.17) is 0 Å². The number of halogens is 1. The molecule has 2 fully saturated rings. The van der Waals surface area contributed by atoms with Gasteiger partial charge >= 0.3 is 0 Å². The van der Waals surface area contributed by atoms with Crippen molar-refractivity contribution in [1.29, 1.82) is 0 Å². The van der Waals surface area contributed by atoms with E-state index in [1.807, 2.05) is 30.3 Å². The van der Waals surface area contributed by atoms with E-state index < -0.39 is 6.17 Å². The monoisotopic (exact) mass is 453 g/mol. The number of hydrogen-bond donors (Lipinski definition) is 2. The first-order valence-corrected chi connectivity index (χ1v) is 11.8. The van der Waals surface area contributed by atoms with Crippen molar-refractivity contribution in [2.45, 2.75) is 48.6 Å². The highest BCUT2D eigenvalue weighted by Gasteiger charge is 2.43. The van der Waals surface area contributed by atoms with Crippen molar-refractivity contribution in [2.75, 3.05) is 18.2 Å². The highest BCUT2D eigenvalue weighted by atomic mass is 32.2. The van der Waals surface area contributed by atoms with Crippen molar-refractivity contribution in [2.24, 2.45) is 0 Å². The van der Waals surface area contributed by atoms with Crippen molar-refractivity contribution in [1.82, 2.24) is 30.7 Å². The van der Waals surface area contributed by atoms with Crippen LogP contribution in [0.25, 0.3) is 22.5 Å². The van der Waals surface area contributed by atoms with Gasteiger partial charge in [-0.05, 0) is 49.3 Å². The van der Waals surface area contributed by atoms with Crippen molar-refractivity contribution in [3.63, 3.8) is 0 Å². The van der Waals surface area contributed by atoms with Crippen LogP contribution in [0.3, 0.4) is 0 Å². The highest BCUT2D eigenvalue weighted by Crippen LogP contribution is 2.34. The summed E-state index contributed by atoms with van der Waals surface area (Å²) in [4.78, 5) is 6.23. The molecule has 0 unspecified atom stereocenters. The van der Waals surface area contributed by atoms with Crippen LogP contribution in [-0.4, -0.2) is 68.1 Å². The fourth-order valence-corrected chi connectivity index (χ4v) is 4.95. The van der Waals surface area contributed by atoms with Gasteiger partial charge in [-0.1, -0.05) is 6.07 Å². The minimum absolute atomic E-state index is 0.0478. The Morgan fingerprint density at radius 3 is 2.75 bits per heavy atom. The Labute approximate surface area is 189 Å². The van der Waals surface area contributed by atoms with Crippen LogP contribution in [0.4, 0.5) is 10.2 Å². The molecule has 0 saturated carbocycles. The molecule has 2 aromatic heterocycles. The predicted octanol–water partition coefficient (Wildman–Crippen LogP) is 3.09. The fourth-order valence-electron chi connectivity index (χ4n) is 4.58. The van der Waals surface area contributed by atoms with Gasteiger partial charge in [-0.3, -0.25) is 0 Å².